The maximum atomic E-state index is 13.0. The van der Waals surface area contributed by atoms with E-state index in [1.165, 1.54) is 30.6 Å². The van der Waals surface area contributed by atoms with E-state index in [4.69, 9.17) is 32.7 Å². The minimum atomic E-state index is -3.31. The van der Waals surface area contributed by atoms with Crippen molar-refractivity contribution in [1.82, 2.24) is 4.98 Å². The zero-order valence-corrected chi connectivity index (χ0v) is 36.9. The second kappa shape index (κ2) is 23.8. The number of Topliss-reactive ketones (excluding diaryl/α,β-unsaturated/α-hetero) is 2. The number of methoxy groups -OCH3 is 1. The highest BCUT2D eigenvalue weighted by Gasteiger charge is 2.26. The number of ether oxygens (including phenoxy) is 5. The zero-order chi connectivity index (χ0) is 44.4. The number of thiazole rings is 1. The summed E-state index contributed by atoms with van der Waals surface area (Å²) in [7, 11) is -2.01. The molecule has 0 aliphatic rings. The lowest BCUT2D eigenvalue weighted by atomic mass is 10.1. The summed E-state index contributed by atoms with van der Waals surface area (Å²) >= 11 is 1.20. The first-order valence-corrected chi connectivity index (χ1v) is 22.1. The normalized spacial score (nSPS) is 11.0. The molecule has 0 spiro atoms. The smallest absolute Gasteiger partial charge is 0.338 e. The highest BCUT2D eigenvalue weighted by Crippen LogP contribution is 2.51. The largest absolute Gasteiger partial charge is 0.491 e. The molecule has 0 aliphatic carbocycles. The molecule has 16 heteroatoms. The fourth-order valence-electron chi connectivity index (χ4n) is 5.40. The van der Waals surface area contributed by atoms with Crippen LogP contribution in [0, 0.1) is 0 Å². The summed E-state index contributed by atoms with van der Waals surface area (Å²) in [5.74, 6) is 0.336. The number of nitrogens with one attached hydrogen (secondary N) is 1. The summed E-state index contributed by atoms with van der Waals surface area (Å²) < 4.78 is 50.8. The number of aromatic nitrogens is 1. The van der Waals surface area contributed by atoms with Crippen LogP contribution in [0.15, 0.2) is 102 Å². The molecule has 0 radical (unpaired) electrons. The first-order valence-electron chi connectivity index (χ1n) is 19.5. The molecule has 0 atom stereocenters. The summed E-state index contributed by atoms with van der Waals surface area (Å²) in [6, 6.07) is 27.2. The number of rotatable bonds is 21. The second-order valence-corrected chi connectivity index (χ2v) is 16.5. The van der Waals surface area contributed by atoms with Crippen molar-refractivity contribution < 1.29 is 56.5 Å². The van der Waals surface area contributed by atoms with E-state index in [9.17, 15) is 23.7 Å². The standard InChI is InChI=1S/C26H31N2O7PS.C19H20O5/c1-5-33-36(31,34-6-2)16-21-17-37-26(27-21)28-25(30)20-12-22(14-23(13-20)35-18(3)4)32-15-24(29)19-10-8-7-9-11-19;1-13(2)24-17-10-15(19(21)22-3)9-16(11-17)23-12-18(20)14-7-5-4-6-8-14/h7-14,17-18H,5-6,15-16H2,1-4H3,(H,27,28,30);4-11,13H,12H2,1-3H3. The number of hydrogen-bond donors (Lipinski definition) is 1. The van der Waals surface area contributed by atoms with E-state index < -0.39 is 19.5 Å². The summed E-state index contributed by atoms with van der Waals surface area (Å²) in [4.78, 5) is 53.7. The Kier molecular flexibility index (Phi) is 18.7. The number of nitrogens with zero attached hydrogens (tertiary/aromatic N) is 1. The number of carbonyl (C=O) groups excluding carboxylic acids is 4. The van der Waals surface area contributed by atoms with E-state index in [2.05, 4.69) is 10.3 Å². The number of ketones is 2. The molecule has 61 heavy (non-hydrogen) atoms. The number of esters is 1. The number of amides is 1. The van der Waals surface area contributed by atoms with E-state index in [1.54, 1.807) is 92.0 Å². The Balaban J connectivity index is 0.000000294. The SMILES string of the molecule is CCOP(=O)(Cc1csc(NC(=O)c2cc(OCC(=O)c3ccccc3)cc(OC(C)C)c2)n1)OCC.COC(=O)c1cc(OCC(=O)c2ccccc2)cc(OC(C)C)c1. The minimum Gasteiger partial charge on any atom is -0.491 e. The van der Waals surface area contributed by atoms with E-state index >= 15 is 0 Å². The monoisotopic (exact) mass is 874 g/mol. The maximum Gasteiger partial charge on any atom is 0.338 e. The number of hydrogen-bond acceptors (Lipinski definition) is 14. The van der Waals surface area contributed by atoms with Crippen LogP contribution in [-0.2, 0) is 24.5 Å². The van der Waals surface area contributed by atoms with Gasteiger partial charge in [0.1, 0.15) is 23.0 Å². The molecule has 1 amide bonds. The third-order valence-corrected chi connectivity index (χ3v) is 10.7. The van der Waals surface area contributed by atoms with Gasteiger partial charge < -0.3 is 32.7 Å². The van der Waals surface area contributed by atoms with Crippen molar-refractivity contribution in [1.29, 1.82) is 0 Å². The maximum absolute atomic E-state index is 13.0. The van der Waals surface area contributed by atoms with Crippen LogP contribution >= 0.6 is 18.9 Å². The van der Waals surface area contributed by atoms with Crippen molar-refractivity contribution >= 4 is 47.5 Å². The van der Waals surface area contributed by atoms with Gasteiger partial charge in [-0.2, -0.15) is 0 Å². The third-order valence-electron chi connectivity index (χ3n) is 7.90. The molecule has 14 nitrogen and oxygen atoms in total. The van der Waals surface area contributed by atoms with Gasteiger partial charge in [-0.25, -0.2) is 9.78 Å². The molecule has 5 aromatic rings. The minimum absolute atomic E-state index is 0.00615. The van der Waals surface area contributed by atoms with Gasteiger partial charge in [0, 0.05) is 34.2 Å². The van der Waals surface area contributed by atoms with Gasteiger partial charge in [-0.3, -0.25) is 24.3 Å². The van der Waals surface area contributed by atoms with Gasteiger partial charge in [-0.05, 0) is 65.8 Å². The quantitative estimate of drug-likeness (QED) is 0.0419. The first kappa shape index (κ1) is 47.8. The lowest BCUT2D eigenvalue weighted by Gasteiger charge is -2.15. The van der Waals surface area contributed by atoms with Crippen molar-refractivity contribution in [2.45, 2.75) is 59.9 Å². The van der Waals surface area contributed by atoms with Crippen LogP contribution in [0.4, 0.5) is 5.13 Å². The summed E-state index contributed by atoms with van der Waals surface area (Å²) in [5.41, 5.74) is 2.17. The van der Waals surface area contributed by atoms with Crippen molar-refractivity contribution in [2.24, 2.45) is 0 Å². The van der Waals surface area contributed by atoms with Crippen molar-refractivity contribution in [2.75, 3.05) is 38.9 Å². The fraction of sp³-hybridized carbons (Fsp3) is 0.311. The molecule has 1 N–H and O–H groups in total. The summed E-state index contributed by atoms with van der Waals surface area (Å²) in [6.07, 6.45) is -0.187. The molecule has 0 unspecified atom stereocenters. The second-order valence-electron chi connectivity index (χ2n) is 13.6. The van der Waals surface area contributed by atoms with Crippen molar-refractivity contribution in [3.8, 4) is 23.0 Å². The van der Waals surface area contributed by atoms with Gasteiger partial charge in [-0.15, -0.1) is 11.3 Å². The molecule has 5 rings (SSSR count). The van der Waals surface area contributed by atoms with Crippen molar-refractivity contribution in [3.05, 3.63) is 130 Å². The first-order chi connectivity index (χ1) is 29.2. The number of carbonyl (C=O) groups is 4. The van der Waals surface area contributed by atoms with Crippen LogP contribution in [0.5, 0.6) is 23.0 Å². The molecule has 0 saturated heterocycles. The fourth-order valence-corrected chi connectivity index (χ4v) is 7.83. The van der Waals surface area contributed by atoms with Crippen LogP contribution in [-0.4, -0.2) is 74.2 Å². The highest BCUT2D eigenvalue weighted by atomic mass is 32.1. The van der Waals surface area contributed by atoms with Crippen LogP contribution < -0.4 is 24.3 Å². The Labute approximate surface area is 360 Å². The molecular formula is C45H51N2O12PS. The number of anilines is 1. The highest BCUT2D eigenvalue weighted by molar-refractivity contribution is 7.53. The molecular weight excluding hydrogens is 824 g/mol. The summed E-state index contributed by atoms with van der Waals surface area (Å²) in [5, 5.41) is 4.77. The van der Waals surface area contributed by atoms with Crippen LogP contribution in [0.3, 0.4) is 0 Å². The lowest BCUT2D eigenvalue weighted by molar-refractivity contribution is 0.0599. The third kappa shape index (κ3) is 15.9. The van der Waals surface area contributed by atoms with Crippen LogP contribution in [0.1, 0.15) is 88.7 Å². The molecule has 1 aromatic heterocycles. The van der Waals surface area contributed by atoms with E-state index in [0.29, 0.717) is 50.5 Å². The van der Waals surface area contributed by atoms with Gasteiger partial charge in [-0.1, -0.05) is 60.7 Å². The molecule has 0 bridgehead atoms. The Morgan fingerprint density at radius 3 is 1.57 bits per heavy atom. The molecule has 324 valence electrons. The molecule has 1 heterocycles. The van der Waals surface area contributed by atoms with E-state index in [1.807, 2.05) is 39.8 Å². The van der Waals surface area contributed by atoms with E-state index in [-0.39, 0.29) is 61.9 Å². The van der Waals surface area contributed by atoms with Gasteiger partial charge in [0.05, 0.1) is 50.0 Å². The summed E-state index contributed by atoms with van der Waals surface area (Å²) in [6.45, 7) is 11.2. The van der Waals surface area contributed by atoms with Gasteiger partial charge >= 0.3 is 13.6 Å². The van der Waals surface area contributed by atoms with Gasteiger partial charge in [0.25, 0.3) is 5.91 Å². The average molecular weight is 875 g/mol. The zero-order valence-electron chi connectivity index (χ0n) is 35.2. The molecule has 4 aromatic carbocycles. The van der Waals surface area contributed by atoms with Crippen LogP contribution in [0.25, 0.3) is 0 Å². The molecule has 0 saturated carbocycles. The van der Waals surface area contributed by atoms with Crippen molar-refractivity contribution in [3.63, 3.8) is 0 Å². The van der Waals surface area contributed by atoms with Gasteiger partial charge in [0.15, 0.2) is 29.9 Å². The average Bonchev–Trinajstić information content (AvgIpc) is 3.67. The molecule has 0 fully saturated rings. The Bertz CT molecular complexity index is 2250. The van der Waals surface area contributed by atoms with Gasteiger partial charge in [0.2, 0.25) is 0 Å². The number of benzene rings is 4. The van der Waals surface area contributed by atoms with Crippen LogP contribution in [0.2, 0.25) is 0 Å². The Morgan fingerprint density at radius 2 is 1.11 bits per heavy atom. The lowest BCUT2D eigenvalue weighted by Crippen LogP contribution is -2.15. The molecule has 0 aliphatic heterocycles. The Hall–Kier alpha value is -5.86. The van der Waals surface area contributed by atoms with E-state index in [0.717, 1.165) is 0 Å². The predicted octanol–water partition coefficient (Wildman–Crippen LogP) is 9.73. The predicted molar refractivity (Wildman–Crippen MR) is 233 cm³/mol. The Morgan fingerprint density at radius 1 is 0.656 bits per heavy atom. The topological polar surface area (TPSA) is 175 Å².